The molecule has 0 aliphatic rings. The monoisotopic (exact) mass is 387 g/mol. The minimum absolute atomic E-state index is 0.117. The summed E-state index contributed by atoms with van der Waals surface area (Å²) in [5.74, 6) is 0.558. The summed E-state index contributed by atoms with van der Waals surface area (Å²) in [5, 5.41) is 16.4. The van der Waals surface area contributed by atoms with Gasteiger partial charge < -0.3 is 10.1 Å². The number of benzene rings is 1. The Kier molecular flexibility index (Phi) is 5.80. The number of nitrogens with zero attached hydrogens (tertiary/aromatic N) is 4. The Balaban J connectivity index is 1.56. The van der Waals surface area contributed by atoms with Gasteiger partial charge in [-0.25, -0.2) is 4.79 Å². The molecule has 1 amide bonds. The van der Waals surface area contributed by atoms with Crippen LogP contribution in [0.5, 0.6) is 0 Å². The van der Waals surface area contributed by atoms with Crippen LogP contribution in [0.1, 0.15) is 54.3 Å². The molecule has 3 rings (SSSR count). The van der Waals surface area contributed by atoms with Gasteiger partial charge in [-0.2, -0.15) is 9.61 Å². The van der Waals surface area contributed by atoms with E-state index in [1.54, 1.807) is 35.7 Å². The molecule has 0 bridgehead atoms. The molecule has 0 saturated heterocycles. The van der Waals surface area contributed by atoms with Gasteiger partial charge in [-0.05, 0) is 31.2 Å². The number of amides is 1. The van der Waals surface area contributed by atoms with Crippen LogP contribution in [0.15, 0.2) is 24.3 Å². The van der Waals surface area contributed by atoms with E-state index in [0.29, 0.717) is 30.7 Å². The molecule has 3 aromatic rings. The summed E-state index contributed by atoms with van der Waals surface area (Å²) in [6, 6.07) is 6.62. The summed E-state index contributed by atoms with van der Waals surface area (Å²) in [7, 11) is 0. The van der Waals surface area contributed by atoms with Crippen molar-refractivity contribution >= 4 is 33.9 Å². The zero-order valence-corrected chi connectivity index (χ0v) is 16.2. The smallest absolute Gasteiger partial charge is 0.338 e. The second-order valence-electron chi connectivity index (χ2n) is 6.25. The highest BCUT2D eigenvalue weighted by atomic mass is 32.1. The molecule has 142 valence electrons. The Labute approximate surface area is 160 Å². The third kappa shape index (κ3) is 4.48. The Morgan fingerprint density at radius 3 is 2.63 bits per heavy atom. The standard InChI is InChI=1S/C18H21N5O3S/c1-4-26-17(25)12-5-7-13(8-6-12)19-14(24)9-10-15-22-23-16(11(2)3)20-21-18(23)27-15/h5-8,11H,4,9-10H2,1-3H3,(H,19,24). The molecule has 0 aliphatic heterocycles. The molecule has 9 heteroatoms. The van der Waals surface area contributed by atoms with Crippen LogP contribution in [0.25, 0.3) is 4.96 Å². The van der Waals surface area contributed by atoms with E-state index in [1.165, 1.54) is 11.3 Å². The molecule has 8 nitrogen and oxygen atoms in total. The van der Waals surface area contributed by atoms with Crippen LogP contribution in [0, 0.1) is 0 Å². The molecule has 0 aliphatic carbocycles. The van der Waals surface area contributed by atoms with Crippen molar-refractivity contribution in [3.8, 4) is 0 Å². The van der Waals surface area contributed by atoms with Gasteiger partial charge in [0.25, 0.3) is 0 Å². The van der Waals surface area contributed by atoms with E-state index in [2.05, 4.69) is 20.6 Å². The predicted molar refractivity (Wildman–Crippen MR) is 102 cm³/mol. The highest BCUT2D eigenvalue weighted by molar-refractivity contribution is 7.16. The van der Waals surface area contributed by atoms with Gasteiger partial charge in [0.1, 0.15) is 5.01 Å². The first kappa shape index (κ1) is 19.0. The fourth-order valence-electron chi connectivity index (χ4n) is 2.48. The van der Waals surface area contributed by atoms with E-state index in [0.717, 1.165) is 15.8 Å². The van der Waals surface area contributed by atoms with Crippen LogP contribution < -0.4 is 5.32 Å². The number of esters is 1. The molecule has 0 radical (unpaired) electrons. The lowest BCUT2D eigenvalue weighted by Crippen LogP contribution is -2.12. The molecule has 1 N–H and O–H groups in total. The van der Waals surface area contributed by atoms with E-state index < -0.39 is 0 Å². The van der Waals surface area contributed by atoms with Crippen LogP contribution in [0.2, 0.25) is 0 Å². The number of ether oxygens (including phenoxy) is 1. The van der Waals surface area contributed by atoms with Crippen molar-refractivity contribution in [2.75, 3.05) is 11.9 Å². The minimum atomic E-state index is -0.376. The van der Waals surface area contributed by atoms with Crippen LogP contribution in [0.4, 0.5) is 5.69 Å². The number of nitrogens with one attached hydrogen (secondary N) is 1. The van der Waals surface area contributed by atoms with Gasteiger partial charge in [-0.3, -0.25) is 4.79 Å². The topological polar surface area (TPSA) is 98.5 Å². The summed E-state index contributed by atoms with van der Waals surface area (Å²) in [6.07, 6.45) is 0.832. The molecular weight excluding hydrogens is 366 g/mol. The summed E-state index contributed by atoms with van der Waals surface area (Å²) in [6.45, 7) is 6.16. The summed E-state index contributed by atoms with van der Waals surface area (Å²) in [4.78, 5) is 24.5. The molecule has 1 aromatic carbocycles. The van der Waals surface area contributed by atoms with E-state index in [1.807, 2.05) is 13.8 Å². The SMILES string of the molecule is CCOC(=O)c1ccc(NC(=O)CCc2nn3c(C(C)C)nnc3s2)cc1. The quantitative estimate of drug-likeness (QED) is 0.626. The molecule has 27 heavy (non-hydrogen) atoms. The van der Waals surface area contributed by atoms with Gasteiger partial charge in [0.2, 0.25) is 10.9 Å². The molecule has 2 aromatic heterocycles. The number of fused-ring (bicyclic) bond motifs is 1. The first-order valence-corrected chi connectivity index (χ1v) is 9.57. The van der Waals surface area contributed by atoms with Gasteiger partial charge in [0.15, 0.2) is 5.82 Å². The number of rotatable bonds is 7. The number of aromatic nitrogens is 4. The number of hydrogen-bond acceptors (Lipinski definition) is 7. The summed E-state index contributed by atoms with van der Waals surface area (Å²) in [5.41, 5.74) is 1.09. The number of hydrogen-bond donors (Lipinski definition) is 1. The normalized spacial score (nSPS) is 11.1. The maximum atomic E-state index is 12.2. The third-order valence-electron chi connectivity index (χ3n) is 3.82. The molecule has 0 fully saturated rings. The van der Waals surface area contributed by atoms with Crippen molar-refractivity contribution in [3.05, 3.63) is 40.7 Å². The van der Waals surface area contributed by atoms with Crippen molar-refractivity contribution in [2.24, 2.45) is 0 Å². The van der Waals surface area contributed by atoms with Gasteiger partial charge >= 0.3 is 5.97 Å². The number of carbonyl (C=O) groups is 2. The lowest BCUT2D eigenvalue weighted by molar-refractivity contribution is -0.116. The molecular formula is C18H21N5O3S. The van der Waals surface area contributed by atoms with Crippen molar-refractivity contribution < 1.29 is 14.3 Å². The fraction of sp³-hybridized carbons (Fsp3) is 0.389. The number of carbonyl (C=O) groups excluding carboxylic acids is 2. The second kappa shape index (κ2) is 8.26. The van der Waals surface area contributed by atoms with Crippen LogP contribution in [-0.4, -0.2) is 38.3 Å². The van der Waals surface area contributed by atoms with Gasteiger partial charge in [-0.1, -0.05) is 25.2 Å². The lowest BCUT2D eigenvalue weighted by Gasteiger charge is -2.06. The first-order chi connectivity index (χ1) is 13.0. The third-order valence-corrected chi connectivity index (χ3v) is 4.78. The van der Waals surface area contributed by atoms with Gasteiger partial charge in [0, 0.05) is 24.4 Å². The van der Waals surface area contributed by atoms with E-state index >= 15 is 0 Å². The van der Waals surface area contributed by atoms with Crippen LogP contribution in [-0.2, 0) is 16.0 Å². The van der Waals surface area contributed by atoms with Crippen molar-refractivity contribution in [1.29, 1.82) is 0 Å². The number of anilines is 1. The molecule has 0 saturated carbocycles. The predicted octanol–water partition coefficient (Wildman–Crippen LogP) is 3.06. The maximum absolute atomic E-state index is 12.2. The zero-order valence-electron chi connectivity index (χ0n) is 15.4. The van der Waals surface area contributed by atoms with Gasteiger partial charge in [-0.15, -0.1) is 10.2 Å². The van der Waals surface area contributed by atoms with Crippen LogP contribution in [0.3, 0.4) is 0 Å². The molecule has 0 atom stereocenters. The van der Waals surface area contributed by atoms with Crippen molar-refractivity contribution in [2.45, 2.75) is 39.5 Å². The zero-order chi connectivity index (χ0) is 19.4. The van der Waals surface area contributed by atoms with Crippen LogP contribution >= 0.6 is 11.3 Å². The average Bonchev–Trinajstić information content (AvgIpc) is 3.20. The van der Waals surface area contributed by atoms with Crippen molar-refractivity contribution in [1.82, 2.24) is 19.8 Å². The molecule has 0 spiro atoms. The number of aryl methyl sites for hydroxylation is 1. The first-order valence-electron chi connectivity index (χ1n) is 8.76. The lowest BCUT2D eigenvalue weighted by atomic mass is 10.2. The van der Waals surface area contributed by atoms with Gasteiger partial charge in [0.05, 0.1) is 12.2 Å². The molecule has 2 heterocycles. The Morgan fingerprint density at radius 2 is 1.96 bits per heavy atom. The fourth-order valence-corrected chi connectivity index (χ4v) is 3.32. The summed E-state index contributed by atoms with van der Waals surface area (Å²) < 4.78 is 6.68. The highest BCUT2D eigenvalue weighted by Gasteiger charge is 2.15. The molecule has 0 unspecified atom stereocenters. The Bertz CT molecular complexity index is 946. The van der Waals surface area contributed by atoms with E-state index in [-0.39, 0.29) is 17.8 Å². The summed E-state index contributed by atoms with van der Waals surface area (Å²) >= 11 is 1.44. The highest BCUT2D eigenvalue weighted by Crippen LogP contribution is 2.19. The Hall–Kier alpha value is -2.81. The minimum Gasteiger partial charge on any atom is -0.462 e. The Morgan fingerprint density at radius 1 is 1.22 bits per heavy atom. The maximum Gasteiger partial charge on any atom is 0.338 e. The van der Waals surface area contributed by atoms with E-state index in [9.17, 15) is 9.59 Å². The van der Waals surface area contributed by atoms with Crippen molar-refractivity contribution in [3.63, 3.8) is 0 Å². The second-order valence-corrected chi connectivity index (χ2v) is 7.29. The largest absolute Gasteiger partial charge is 0.462 e. The average molecular weight is 387 g/mol. The van der Waals surface area contributed by atoms with E-state index in [4.69, 9.17) is 4.74 Å².